The Labute approximate surface area is 413 Å². The van der Waals surface area contributed by atoms with Crippen molar-refractivity contribution in [1.29, 1.82) is 0 Å². The second-order valence-corrected chi connectivity index (χ2v) is 26.6. The van der Waals surface area contributed by atoms with Crippen LogP contribution in [-0.2, 0) is 58.9 Å². The Bertz CT molecular complexity index is 2290. The molecule has 12 heteroatoms. The molecule has 8 nitrogen and oxygen atoms in total. The van der Waals surface area contributed by atoms with E-state index in [4.69, 9.17) is 37.2 Å². The molecule has 0 bridgehead atoms. The maximum Gasteiger partial charge on any atom is 0.494 e. The van der Waals surface area contributed by atoms with Crippen molar-refractivity contribution in [2.45, 2.75) is 203 Å². The number of hydrogen-bond acceptors (Lipinski definition) is 8. The minimum atomic E-state index is -0.417. The van der Waals surface area contributed by atoms with Crippen LogP contribution in [0.4, 0.5) is 0 Å². The van der Waals surface area contributed by atoms with E-state index in [2.05, 4.69) is 208 Å². The highest BCUT2D eigenvalue weighted by Crippen LogP contribution is 3.04. The van der Waals surface area contributed by atoms with Gasteiger partial charge >= 0.3 is 28.5 Å². The molecule has 0 radical (unpaired) electrons. The van der Waals surface area contributed by atoms with E-state index in [-0.39, 0.29) is 27.1 Å². The van der Waals surface area contributed by atoms with Crippen LogP contribution in [0.2, 0.25) is 0 Å². The maximum atomic E-state index is 6.58. The molecule has 1 spiro atoms. The third-order valence-corrected chi connectivity index (χ3v) is 21.2. The summed E-state index contributed by atoms with van der Waals surface area (Å²) in [5.74, 6) is 0. The van der Waals surface area contributed by atoms with E-state index in [1.807, 2.05) is 0 Å². The topological polar surface area (TPSA) is 73.8 Å². The summed E-state index contributed by atoms with van der Waals surface area (Å²) >= 11 is 0. The lowest BCUT2D eigenvalue weighted by Crippen LogP contribution is -3.04. The first-order chi connectivity index (χ1) is 31.9. The molecule has 4 aliphatic carbocycles. The van der Waals surface area contributed by atoms with Crippen LogP contribution in [0.5, 0.6) is 0 Å². The Morgan fingerprint density at radius 1 is 0.246 bits per heavy atom. The van der Waals surface area contributed by atoms with Gasteiger partial charge in [-0.1, -0.05) is 97.1 Å². The van der Waals surface area contributed by atoms with Gasteiger partial charge in [0, 0.05) is 27.1 Å². The third kappa shape index (κ3) is 5.65. The fourth-order valence-corrected chi connectivity index (χ4v) is 15.1. The van der Waals surface area contributed by atoms with Crippen molar-refractivity contribution in [3.63, 3.8) is 0 Å². The van der Waals surface area contributed by atoms with Crippen LogP contribution >= 0.6 is 0 Å². The zero-order chi connectivity index (χ0) is 49.2. The largest absolute Gasteiger partial charge is 0.494 e. The van der Waals surface area contributed by atoms with Crippen LogP contribution < -0.4 is 21.9 Å². The normalized spacial score (nSPS) is 35.9. The molecule has 8 fully saturated rings. The van der Waals surface area contributed by atoms with E-state index in [0.717, 1.165) is 47.5 Å². The van der Waals surface area contributed by atoms with E-state index < -0.39 is 73.3 Å². The Kier molecular flexibility index (Phi) is 9.30. The first kappa shape index (κ1) is 46.9. The summed E-state index contributed by atoms with van der Waals surface area (Å²) in [7, 11) is -1.67. The van der Waals surface area contributed by atoms with Crippen molar-refractivity contribution >= 4 is 50.3 Å². The predicted molar refractivity (Wildman–Crippen MR) is 276 cm³/mol. The molecule has 8 aliphatic rings. The van der Waals surface area contributed by atoms with Gasteiger partial charge < -0.3 is 37.2 Å². The smallest absolute Gasteiger partial charge is 0.399 e. The molecular weight excluding hydrogens is 856 g/mol. The number of rotatable bonds is 8. The molecule has 0 unspecified atom stereocenters. The van der Waals surface area contributed by atoms with Gasteiger partial charge in [0.2, 0.25) is 0 Å². The summed E-state index contributed by atoms with van der Waals surface area (Å²) in [6.07, 6.45) is 4.31. The molecule has 4 aromatic carbocycles. The van der Waals surface area contributed by atoms with E-state index in [1.54, 1.807) is 0 Å². The maximum absolute atomic E-state index is 6.58. The second kappa shape index (κ2) is 13.7. The molecule has 0 amide bonds. The highest BCUT2D eigenvalue weighted by molar-refractivity contribution is 6.63. The van der Waals surface area contributed by atoms with Gasteiger partial charge in [-0.3, -0.25) is 0 Å². The summed E-state index contributed by atoms with van der Waals surface area (Å²) in [6, 6.07) is 37.5. The van der Waals surface area contributed by atoms with E-state index in [1.165, 1.54) is 22.3 Å². The van der Waals surface area contributed by atoms with Crippen LogP contribution in [0.15, 0.2) is 97.1 Å². The average Bonchev–Trinajstić information content (AvgIpc) is 3.80. The lowest BCUT2D eigenvalue weighted by Gasteiger charge is -3.04. The zero-order valence-electron chi connectivity index (χ0n) is 44.1. The van der Waals surface area contributed by atoms with Gasteiger partial charge in [-0.25, -0.2) is 0 Å². The molecule has 360 valence electrons. The monoisotopic (exact) mass is 929 g/mol. The quantitative estimate of drug-likeness (QED) is 0.163. The third-order valence-electron chi connectivity index (χ3n) is 21.2. The zero-order valence-corrected chi connectivity index (χ0v) is 44.1. The SMILES string of the molecule is CC1(C)OB(c2ccc(C34CC5(c6ccc(B7OC(C)(C)C(C)(C)O7)cc6)CC6(c7ccc(B8OC(C)(C)C(C)(C)O8)cc7)CC(c7ccc(B8OC(C)(C)C(C)(C)O8)cc7)(C3)C456)cc2)OC1(C)C. The van der Waals surface area contributed by atoms with Gasteiger partial charge in [0.1, 0.15) is 0 Å². The summed E-state index contributed by atoms with van der Waals surface area (Å²) < 4.78 is 52.6. The van der Waals surface area contributed by atoms with Crippen molar-refractivity contribution in [2.75, 3.05) is 0 Å². The van der Waals surface area contributed by atoms with Gasteiger partial charge in [0.15, 0.2) is 0 Å². The minimum Gasteiger partial charge on any atom is -0.399 e. The highest BCUT2D eigenvalue weighted by Gasteiger charge is 3.04. The summed E-state index contributed by atoms with van der Waals surface area (Å²) in [4.78, 5) is 0. The van der Waals surface area contributed by atoms with Crippen LogP contribution in [-0.4, -0.2) is 73.3 Å². The molecule has 0 N–H and O–H groups in total. The minimum absolute atomic E-state index is 0.0723. The van der Waals surface area contributed by atoms with Gasteiger partial charge in [0.25, 0.3) is 0 Å². The molecule has 4 aliphatic heterocycles. The van der Waals surface area contributed by atoms with Crippen molar-refractivity contribution in [3.8, 4) is 0 Å². The van der Waals surface area contributed by atoms with Crippen molar-refractivity contribution in [1.82, 2.24) is 0 Å². The molecule has 4 saturated carbocycles. The van der Waals surface area contributed by atoms with Gasteiger partial charge in [0.05, 0.1) is 44.8 Å². The molecule has 4 saturated heterocycles. The molecule has 0 aromatic heterocycles. The summed E-state index contributed by atoms with van der Waals surface area (Å²) in [5.41, 5.74) is 6.16. The van der Waals surface area contributed by atoms with Gasteiger partial charge in [-0.05, 0) is 181 Å². The van der Waals surface area contributed by atoms with Crippen LogP contribution in [0.25, 0.3) is 0 Å². The Morgan fingerprint density at radius 3 is 0.536 bits per heavy atom. The van der Waals surface area contributed by atoms with Crippen LogP contribution in [0.1, 0.15) is 159 Å². The lowest BCUT2D eigenvalue weighted by atomic mass is 8.98. The first-order valence-corrected chi connectivity index (χ1v) is 25.8. The second-order valence-electron chi connectivity index (χ2n) is 26.6. The summed E-state index contributed by atoms with van der Waals surface area (Å²) in [6.45, 7) is 34.0. The van der Waals surface area contributed by atoms with E-state index >= 15 is 0 Å². The van der Waals surface area contributed by atoms with Crippen molar-refractivity contribution < 1.29 is 37.2 Å². The fraction of sp³-hybridized carbons (Fsp3) is 0.579. The van der Waals surface area contributed by atoms with Crippen LogP contribution in [0.3, 0.4) is 0 Å². The van der Waals surface area contributed by atoms with Crippen LogP contribution in [0, 0.1) is 5.41 Å². The first-order valence-electron chi connectivity index (χ1n) is 25.8. The number of hydrogen-bond donors (Lipinski definition) is 0. The highest BCUT2D eigenvalue weighted by atomic mass is 16.7. The molecule has 4 heterocycles. The van der Waals surface area contributed by atoms with Crippen molar-refractivity contribution in [3.05, 3.63) is 119 Å². The summed E-state index contributed by atoms with van der Waals surface area (Å²) in [5, 5.41) is 0. The standard InChI is InChI=1S/C57H72B4O8/c1-45(2)46(3,4)63-58(62-45)41-25-17-37(18-26-41)53-33-54(38-19-27-42(28-20-38)59-64-47(5,6)48(7,8)65-59)35-56(40-23-31-44(32-24-40)61-68-51(13,14)52(15,16)69-61)36-55(34-53,57(53,54)56)39-21-29-43(30-22-39)60-66-49(9,10)50(11,12)67-60/h17-32H,33-36H2,1-16H3. The molecule has 12 rings (SSSR count). The predicted octanol–water partition coefficient (Wildman–Crippen LogP) is 8.54. The van der Waals surface area contributed by atoms with E-state index in [0.29, 0.717) is 0 Å². The van der Waals surface area contributed by atoms with E-state index in [9.17, 15) is 0 Å². The molecule has 69 heavy (non-hydrogen) atoms. The van der Waals surface area contributed by atoms with Gasteiger partial charge in [-0.2, -0.15) is 0 Å². The lowest BCUT2D eigenvalue weighted by molar-refractivity contribution is -0.445. The Hall–Kier alpha value is -3.18. The molecular formula is C57H72B4O8. The average molecular weight is 928 g/mol. The fourth-order valence-electron chi connectivity index (χ4n) is 15.1. The van der Waals surface area contributed by atoms with Crippen molar-refractivity contribution in [2.24, 2.45) is 5.41 Å². The molecule has 4 aromatic rings. The molecule has 0 atom stereocenters. The Balaban J connectivity index is 0.977. The Morgan fingerprint density at radius 2 is 0.391 bits per heavy atom. The number of benzene rings is 4. The van der Waals surface area contributed by atoms with Gasteiger partial charge in [-0.15, -0.1) is 0 Å².